The molecule has 8 heteroatoms. The first kappa shape index (κ1) is 16.8. The van der Waals surface area contributed by atoms with Gasteiger partial charge in [0.25, 0.3) is 5.91 Å². The van der Waals surface area contributed by atoms with Gasteiger partial charge in [0.15, 0.2) is 0 Å². The average Bonchev–Trinajstić information content (AvgIpc) is 2.91. The fourth-order valence-electron chi connectivity index (χ4n) is 2.09. The second-order valence-electron chi connectivity index (χ2n) is 4.95. The van der Waals surface area contributed by atoms with Gasteiger partial charge in [-0.25, -0.2) is 9.67 Å². The minimum atomic E-state index is -0.427. The Morgan fingerprint density at radius 2 is 1.71 bits per heavy atom. The Balaban J connectivity index is 1.88. The van der Waals surface area contributed by atoms with E-state index in [9.17, 15) is 4.79 Å². The fraction of sp³-hybridized carbons (Fsp3) is 0.0625. The van der Waals surface area contributed by atoms with Crippen LogP contribution in [0.25, 0.3) is 5.69 Å². The Morgan fingerprint density at radius 1 is 1.04 bits per heavy atom. The largest absolute Gasteiger partial charge is 0.319 e. The molecule has 1 heterocycles. The maximum atomic E-state index is 12.3. The highest BCUT2D eigenvalue weighted by Crippen LogP contribution is 2.24. The first-order valence-corrected chi connectivity index (χ1v) is 8.03. The van der Waals surface area contributed by atoms with Gasteiger partial charge in [-0.2, -0.15) is 0 Å². The van der Waals surface area contributed by atoms with Crippen molar-refractivity contribution in [2.45, 2.75) is 6.92 Å². The summed E-state index contributed by atoms with van der Waals surface area (Å²) in [6.45, 7) is 1.73. The smallest absolute Gasteiger partial charge is 0.295 e. The van der Waals surface area contributed by atoms with Crippen molar-refractivity contribution >= 4 is 46.4 Å². The number of halogens is 3. The van der Waals surface area contributed by atoms with Crippen LogP contribution in [0.4, 0.5) is 5.69 Å². The monoisotopic (exact) mass is 380 g/mol. The van der Waals surface area contributed by atoms with E-state index in [1.807, 2.05) is 0 Å². The fourth-order valence-corrected chi connectivity index (χ4v) is 2.70. The van der Waals surface area contributed by atoms with Gasteiger partial charge in [-0.15, -0.1) is 5.10 Å². The number of rotatable bonds is 3. The number of carbonyl (C=O) groups excluding carboxylic acids is 1. The molecule has 0 unspecified atom stereocenters. The number of aromatic nitrogens is 3. The highest BCUT2D eigenvalue weighted by molar-refractivity contribution is 6.35. The molecule has 0 atom stereocenters. The van der Waals surface area contributed by atoms with E-state index >= 15 is 0 Å². The molecule has 0 aliphatic heterocycles. The molecule has 2 aromatic carbocycles. The number of nitrogens with zero attached hydrogens (tertiary/aromatic N) is 3. The minimum absolute atomic E-state index is 0.0356. The Labute approximate surface area is 153 Å². The highest BCUT2D eigenvalue weighted by Gasteiger charge is 2.17. The lowest BCUT2D eigenvalue weighted by Crippen LogP contribution is -2.14. The molecule has 0 fully saturated rings. The molecule has 1 amide bonds. The van der Waals surface area contributed by atoms with Crippen LogP contribution in [0.1, 0.15) is 16.4 Å². The van der Waals surface area contributed by atoms with Crippen LogP contribution in [-0.4, -0.2) is 20.7 Å². The second-order valence-corrected chi connectivity index (χ2v) is 6.23. The lowest BCUT2D eigenvalue weighted by Gasteiger charge is -2.05. The second kappa shape index (κ2) is 6.81. The molecule has 0 saturated heterocycles. The number of aryl methyl sites for hydroxylation is 1. The first-order chi connectivity index (χ1) is 11.4. The lowest BCUT2D eigenvalue weighted by molar-refractivity contribution is 0.101. The van der Waals surface area contributed by atoms with E-state index in [0.29, 0.717) is 32.3 Å². The Kier molecular flexibility index (Phi) is 4.76. The van der Waals surface area contributed by atoms with Gasteiger partial charge < -0.3 is 5.32 Å². The number of anilines is 1. The normalized spacial score (nSPS) is 10.7. The number of carbonyl (C=O) groups is 1. The molecule has 0 radical (unpaired) electrons. The molecule has 24 heavy (non-hydrogen) atoms. The van der Waals surface area contributed by atoms with Crippen LogP contribution in [0.5, 0.6) is 0 Å². The molecule has 1 aromatic heterocycles. The summed E-state index contributed by atoms with van der Waals surface area (Å²) in [6.07, 6.45) is 0. The van der Waals surface area contributed by atoms with Gasteiger partial charge in [0.2, 0.25) is 5.82 Å². The quantitative estimate of drug-likeness (QED) is 0.709. The van der Waals surface area contributed by atoms with Crippen molar-refractivity contribution in [3.8, 4) is 5.69 Å². The van der Waals surface area contributed by atoms with Gasteiger partial charge in [0, 0.05) is 15.7 Å². The summed E-state index contributed by atoms with van der Waals surface area (Å²) < 4.78 is 1.50. The van der Waals surface area contributed by atoms with Crippen LogP contribution >= 0.6 is 34.8 Å². The number of nitrogens with one attached hydrogen (secondary N) is 1. The van der Waals surface area contributed by atoms with Crippen LogP contribution in [-0.2, 0) is 0 Å². The highest BCUT2D eigenvalue weighted by atomic mass is 35.5. The molecule has 0 aliphatic carbocycles. The Morgan fingerprint density at radius 3 is 2.38 bits per heavy atom. The third kappa shape index (κ3) is 3.53. The van der Waals surface area contributed by atoms with Crippen LogP contribution in [0.3, 0.4) is 0 Å². The number of hydrogen-bond acceptors (Lipinski definition) is 3. The SMILES string of the molecule is Cc1nc(C(=O)Nc2ccc(Cl)cc2)nn1-c1ccc(Cl)cc1Cl. The Bertz CT molecular complexity index is 906. The van der Waals surface area contributed by atoms with Crippen molar-refractivity contribution in [1.29, 1.82) is 0 Å². The summed E-state index contributed by atoms with van der Waals surface area (Å²) >= 11 is 17.9. The van der Waals surface area contributed by atoms with Crippen LogP contribution < -0.4 is 5.32 Å². The topological polar surface area (TPSA) is 59.8 Å². The molecule has 122 valence electrons. The van der Waals surface area contributed by atoms with Crippen LogP contribution in [0.2, 0.25) is 15.1 Å². The summed E-state index contributed by atoms with van der Waals surface area (Å²) in [6, 6.07) is 11.8. The molecular formula is C16H11Cl3N4O. The van der Waals surface area contributed by atoms with Gasteiger partial charge in [0.05, 0.1) is 10.7 Å². The predicted octanol–water partition coefficient (Wildman–Crippen LogP) is 4.79. The van der Waals surface area contributed by atoms with Gasteiger partial charge in [-0.05, 0) is 49.4 Å². The van der Waals surface area contributed by atoms with E-state index in [2.05, 4.69) is 15.4 Å². The summed E-state index contributed by atoms with van der Waals surface area (Å²) in [5.41, 5.74) is 1.19. The molecular weight excluding hydrogens is 371 g/mol. The first-order valence-electron chi connectivity index (χ1n) is 6.90. The van der Waals surface area contributed by atoms with Crippen molar-refractivity contribution < 1.29 is 4.79 Å². The number of hydrogen-bond donors (Lipinski definition) is 1. The minimum Gasteiger partial charge on any atom is -0.319 e. The van der Waals surface area contributed by atoms with Crippen LogP contribution in [0, 0.1) is 6.92 Å². The summed E-state index contributed by atoms with van der Waals surface area (Å²) in [7, 11) is 0. The van der Waals surface area contributed by atoms with Gasteiger partial charge in [-0.1, -0.05) is 34.8 Å². The lowest BCUT2D eigenvalue weighted by atomic mass is 10.3. The van der Waals surface area contributed by atoms with Crippen molar-refractivity contribution in [3.63, 3.8) is 0 Å². The molecule has 0 spiro atoms. The Hall–Kier alpha value is -2.08. The summed E-state index contributed by atoms with van der Waals surface area (Å²) in [5.74, 6) is 0.137. The maximum Gasteiger partial charge on any atom is 0.295 e. The summed E-state index contributed by atoms with van der Waals surface area (Å²) in [5, 5.41) is 8.45. The molecule has 0 bridgehead atoms. The van der Waals surface area contributed by atoms with E-state index in [1.165, 1.54) is 4.68 Å². The van der Waals surface area contributed by atoms with Gasteiger partial charge >= 0.3 is 0 Å². The maximum absolute atomic E-state index is 12.3. The third-order valence-electron chi connectivity index (χ3n) is 3.21. The zero-order valence-electron chi connectivity index (χ0n) is 12.4. The molecule has 1 N–H and O–H groups in total. The van der Waals surface area contributed by atoms with E-state index in [1.54, 1.807) is 49.4 Å². The summed E-state index contributed by atoms with van der Waals surface area (Å²) in [4.78, 5) is 16.5. The van der Waals surface area contributed by atoms with Crippen LogP contribution in [0.15, 0.2) is 42.5 Å². The van der Waals surface area contributed by atoms with E-state index in [4.69, 9.17) is 34.8 Å². The zero-order chi connectivity index (χ0) is 17.3. The van der Waals surface area contributed by atoms with E-state index in [0.717, 1.165) is 0 Å². The molecule has 0 saturated carbocycles. The van der Waals surface area contributed by atoms with E-state index in [-0.39, 0.29) is 5.82 Å². The molecule has 3 rings (SSSR count). The number of benzene rings is 2. The predicted molar refractivity (Wildman–Crippen MR) is 95.5 cm³/mol. The standard InChI is InChI=1S/C16H11Cl3N4O/c1-9-20-15(16(24)21-12-5-2-10(17)3-6-12)22-23(9)14-7-4-11(18)8-13(14)19/h2-8H,1H3,(H,21,24). The van der Waals surface area contributed by atoms with Crippen molar-refractivity contribution in [3.05, 3.63) is 69.2 Å². The van der Waals surface area contributed by atoms with Crippen molar-refractivity contribution in [2.24, 2.45) is 0 Å². The third-order valence-corrected chi connectivity index (χ3v) is 4.00. The average molecular weight is 382 g/mol. The van der Waals surface area contributed by atoms with Gasteiger partial charge in [0.1, 0.15) is 5.82 Å². The van der Waals surface area contributed by atoms with Crippen molar-refractivity contribution in [1.82, 2.24) is 14.8 Å². The molecule has 5 nitrogen and oxygen atoms in total. The van der Waals surface area contributed by atoms with Gasteiger partial charge in [-0.3, -0.25) is 4.79 Å². The number of amides is 1. The van der Waals surface area contributed by atoms with Crippen molar-refractivity contribution in [2.75, 3.05) is 5.32 Å². The molecule has 3 aromatic rings. The molecule has 0 aliphatic rings. The zero-order valence-corrected chi connectivity index (χ0v) is 14.7. The van der Waals surface area contributed by atoms with E-state index < -0.39 is 5.91 Å².